The zero-order chi connectivity index (χ0) is 18.8. The van der Waals surface area contributed by atoms with Crippen molar-refractivity contribution in [2.24, 2.45) is 7.05 Å². The highest BCUT2D eigenvalue weighted by Gasteiger charge is 2.15. The molecule has 0 atom stereocenters. The van der Waals surface area contributed by atoms with E-state index in [1.165, 1.54) is 4.68 Å². The molecule has 0 bridgehead atoms. The number of halogens is 1. The first-order valence-electron chi connectivity index (χ1n) is 8.54. The van der Waals surface area contributed by atoms with Crippen molar-refractivity contribution in [3.05, 3.63) is 64.6 Å². The predicted octanol–water partition coefficient (Wildman–Crippen LogP) is 2.47. The van der Waals surface area contributed by atoms with Crippen LogP contribution in [0.2, 0.25) is 5.02 Å². The second-order valence-corrected chi connectivity index (χ2v) is 6.51. The van der Waals surface area contributed by atoms with Crippen LogP contribution in [0.5, 0.6) is 0 Å². The number of nitrogens with zero attached hydrogens (tertiary/aromatic N) is 6. The molecule has 0 amide bonds. The predicted molar refractivity (Wildman–Crippen MR) is 104 cm³/mol. The third-order valence-corrected chi connectivity index (χ3v) is 4.70. The van der Waals surface area contributed by atoms with Gasteiger partial charge in [0.05, 0.1) is 29.2 Å². The molecule has 0 aliphatic carbocycles. The molecule has 8 nitrogen and oxygen atoms in total. The third-order valence-electron chi connectivity index (χ3n) is 4.34. The Morgan fingerprint density at radius 2 is 2.11 bits per heavy atom. The first-order valence-corrected chi connectivity index (χ1v) is 8.92. The van der Waals surface area contributed by atoms with Crippen LogP contribution in [0, 0.1) is 0 Å². The standard InChI is InChI=1S/C18H18ClN7O/c1-24-15-6-3-2-5-13(15)23-18(24)26-17(27)16(19)14(11-22-26)21-7-4-9-25-10-8-20-12-25/h2-3,5-6,8,10-12,21H,4,7,9H2,1H3. The first kappa shape index (κ1) is 17.3. The SMILES string of the molecule is Cn1c(-n2ncc(NCCCn3ccnc3)c(Cl)c2=O)nc2ccccc21. The summed E-state index contributed by atoms with van der Waals surface area (Å²) in [5.74, 6) is 0.426. The molecule has 3 heterocycles. The lowest BCUT2D eigenvalue weighted by Crippen LogP contribution is -2.25. The van der Waals surface area contributed by atoms with Gasteiger partial charge >= 0.3 is 0 Å². The number of aryl methyl sites for hydroxylation is 2. The summed E-state index contributed by atoms with van der Waals surface area (Å²) in [6, 6.07) is 7.66. The van der Waals surface area contributed by atoms with Gasteiger partial charge in [-0.2, -0.15) is 9.78 Å². The van der Waals surface area contributed by atoms with Crippen molar-refractivity contribution < 1.29 is 0 Å². The summed E-state index contributed by atoms with van der Waals surface area (Å²) in [4.78, 5) is 21.2. The summed E-state index contributed by atoms with van der Waals surface area (Å²) in [7, 11) is 1.84. The zero-order valence-corrected chi connectivity index (χ0v) is 15.5. The van der Waals surface area contributed by atoms with E-state index in [4.69, 9.17) is 11.6 Å². The van der Waals surface area contributed by atoms with E-state index >= 15 is 0 Å². The Balaban J connectivity index is 1.54. The van der Waals surface area contributed by atoms with E-state index < -0.39 is 5.56 Å². The molecule has 0 saturated carbocycles. The highest BCUT2D eigenvalue weighted by atomic mass is 35.5. The Kier molecular flexibility index (Phi) is 4.64. The molecule has 0 saturated heterocycles. The average molecular weight is 384 g/mol. The number of imidazole rings is 2. The Morgan fingerprint density at radius 3 is 2.89 bits per heavy atom. The minimum atomic E-state index is -0.408. The molecule has 138 valence electrons. The molecule has 27 heavy (non-hydrogen) atoms. The van der Waals surface area contributed by atoms with Gasteiger partial charge in [0.2, 0.25) is 5.95 Å². The van der Waals surface area contributed by atoms with Crippen LogP contribution in [0.3, 0.4) is 0 Å². The van der Waals surface area contributed by atoms with Gasteiger partial charge in [0.1, 0.15) is 5.02 Å². The number of para-hydroxylation sites is 2. The summed E-state index contributed by atoms with van der Waals surface area (Å²) >= 11 is 6.29. The number of nitrogens with one attached hydrogen (secondary N) is 1. The lowest BCUT2D eigenvalue weighted by Gasteiger charge is -2.10. The van der Waals surface area contributed by atoms with E-state index in [-0.39, 0.29) is 5.02 Å². The second-order valence-electron chi connectivity index (χ2n) is 6.13. The lowest BCUT2D eigenvalue weighted by molar-refractivity contribution is 0.659. The molecule has 9 heteroatoms. The van der Waals surface area contributed by atoms with Gasteiger partial charge in [0.25, 0.3) is 5.56 Å². The summed E-state index contributed by atoms with van der Waals surface area (Å²) < 4.78 is 5.03. The molecule has 4 aromatic rings. The maximum Gasteiger partial charge on any atom is 0.295 e. The number of benzene rings is 1. The molecule has 0 unspecified atom stereocenters. The van der Waals surface area contributed by atoms with Gasteiger partial charge in [-0.05, 0) is 18.6 Å². The molecule has 1 aromatic carbocycles. The van der Waals surface area contributed by atoms with Crippen LogP contribution in [0.4, 0.5) is 5.69 Å². The quantitative estimate of drug-likeness (QED) is 0.517. The molecule has 1 N–H and O–H groups in total. The van der Waals surface area contributed by atoms with Crippen LogP contribution < -0.4 is 10.9 Å². The summed E-state index contributed by atoms with van der Waals surface area (Å²) in [6.07, 6.45) is 7.84. The van der Waals surface area contributed by atoms with E-state index in [1.807, 2.05) is 46.6 Å². The van der Waals surface area contributed by atoms with Crippen molar-refractivity contribution >= 4 is 28.3 Å². The van der Waals surface area contributed by atoms with Crippen molar-refractivity contribution in [1.82, 2.24) is 28.9 Å². The Labute approximate surface area is 160 Å². The van der Waals surface area contributed by atoms with Crippen LogP contribution in [0.15, 0.2) is 54.0 Å². The number of hydrogen-bond acceptors (Lipinski definition) is 5. The Bertz CT molecular complexity index is 1130. The van der Waals surface area contributed by atoms with Gasteiger partial charge in [-0.15, -0.1) is 0 Å². The van der Waals surface area contributed by atoms with Gasteiger partial charge in [-0.3, -0.25) is 4.79 Å². The lowest BCUT2D eigenvalue weighted by atomic mass is 10.3. The molecular weight excluding hydrogens is 366 g/mol. The van der Waals surface area contributed by atoms with E-state index in [9.17, 15) is 4.79 Å². The number of aromatic nitrogens is 6. The van der Waals surface area contributed by atoms with E-state index in [0.29, 0.717) is 18.2 Å². The van der Waals surface area contributed by atoms with Crippen LogP contribution in [-0.4, -0.2) is 35.4 Å². The number of rotatable bonds is 6. The molecule has 0 aliphatic rings. The van der Waals surface area contributed by atoms with Crippen LogP contribution >= 0.6 is 11.6 Å². The number of anilines is 1. The van der Waals surface area contributed by atoms with Crippen molar-refractivity contribution in [1.29, 1.82) is 0 Å². The zero-order valence-electron chi connectivity index (χ0n) is 14.7. The Morgan fingerprint density at radius 1 is 1.26 bits per heavy atom. The average Bonchev–Trinajstić information content (AvgIpc) is 3.31. The third kappa shape index (κ3) is 3.31. The number of hydrogen-bond donors (Lipinski definition) is 1. The van der Waals surface area contributed by atoms with Crippen LogP contribution in [0.25, 0.3) is 17.0 Å². The molecule has 0 spiro atoms. The second kappa shape index (κ2) is 7.24. The van der Waals surface area contributed by atoms with Gasteiger partial charge in [0, 0.05) is 32.5 Å². The van der Waals surface area contributed by atoms with E-state index in [0.717, 1.165) is 24.0 Å². The summed E-state index contributed by atoms with van der Waals surface area (Å²) in [6.45, 7) is 1.49. The van der Waals surface area contributed by atoms with Crippen molar-refractivity contribution in [2.45, 2.75) is 13.0 Å². The van der Waals surface area contributed by atoms with Crippen LogP contribution in [0.1, 0.15) is 6.42 Å². The maximum atomic E-state index is 12.7. The smallest absolute Gasteiger partial charge is 0.295 e. The molecule has 0 aliphatic heterocycles. The van der Waals surface area contributed by atoms with E-state index in [1.54, 1.807) is 18.7 Å². The fourth-order valence-electron chi connectivity index (χ4n) is 2.92. The fourth-order valence-corrected chi connectivity index (χ4v) is 3.12. The molecule has 0 fully saturated rings. The van der Waals surface area contributed by atoms with Gasteiger partial charge in [-0.1, -0.05) is 23.7 Å². The van der Waals surface area contributed by atoms with Gasteiger partial charge < -0.3 is 14.5 Å². The largest absolute Gasteiger partial charge is 0.382 e. The highest BCUT2D eigenvalue weighted by Crippen LogP contribution is 2.19. The highest BCUT2D eigenvalue weighted by molar-refractivity contribution is 6.32. The van der Waals surface area contributed by atoms with Crippen molar-refractivity contribution in [2.75, 3.05) is 11.9 Å². The minimum Gasteiger partial charge on any atom is -0.382 e. The summed E-state index contributed by atoms with van der Waals surface area (Å²) in [5, 5.41) is 7.52. The molecular formula is C18H18ClN7O. The first-order chi connectivity index (χ1) is 13.1. The molecule has 3 aromatic heterocycles. The minimum absolute atomic E-state index is 0.0969. The van der Waals surface area contributed by atoms with Crippen molar-refractivity contribution in [3.63, 3.8) is 0 Å². The van der Waals surface area contributed by atoms with Crippen molar-refractivity contribution in [3.8, 4) is 5.95 Å². The van der Waals surface area contributed by atoms with Crippen LogP contribution in [-0.2, 0) is 13.6 Å². The normalized spacial score (nSPS) is 11.2. The molecule has 0 radical (unpaired) electrons. The number of fused-ring (bicyclic) bond motifs is 1. The monoisotopic (exact) mass is 383 g/mol. The topological polar surface area (TPSA) is 82.6 Å². The van der Waals surface area contributed by atoms with Gasteiger partial charge in [0.15, 0.2) is 0 Å². The Hall–Kier alpha value is -3.13. The fraction of sp³-hybridized carbons (Fsp3) is 0.222. The summed E-state index contributed by atoms with van der Waals surface area (Å²) in [5.41, 5.74) is 1.82. The van der Waals surface area contributed by atoms with E-state index in [2.05, 4.69) is 20.4 Å². The maximum absolute atomic E-state index is 12.7. The molecule has 4 rings (SSSR count). The van der Waals surface area contributed by atoms with Gasteiger partial charge in [-0.25, -0.2) is 9.97 Å².